The number of carboxylic acids is 1. The second-order valence-corrected chi connectivity index (χ2v) is 8.36. The van der Waals surface area contributed by atoms with Crippen LogP contribution in [0.25, 0.3) is 0 Å². The largest absolute Gasteiger partial charge is 0.481 e. The normalized spacial score (nSPS) is 15.4. The number of carboxylic acid groups (broad SMARTS) is 1. The number of aliphatic hydroxyl groups is 1. The maximum Gasteiger partial charge on any atom is 0.344 e. The third-order valence-corrected chi connectivity index (χ3v) is 6.06. The predicted octanol–water partition coefficient (Wildman–Crippen LogP) is 4.60. The summed E-state index contributed by atoms with van der Waals surface area (Å²) < 4.78 is 5.38. The van der Waals surface area contributed by atoms with Gasteiger partial charge in [-0.25, -0.2) is 4.79 Å². The van der Waals surface area contributed by atoms with Crippen LogP contribution < -0.4 is 0 Å². The molecule has 1 unspecified atom stereocenters. The van der Waals surface area contributed by atoms with Crippen molar-refractivity contribution in [2.24, 2.45) is 5.92 Å². The summed E-state index contributed by atoms with van der Waals surface area (Å²) in [6, 6.07) is 9.19. The van der Waals surface area contributed by atoms with Gasteiger partial charge in [0.05, 0.1) is 6.54 Å². The van der Waals surface area contributed by atoms with Crippen LogP contribution in [0.5, 0.6) is 0 Å². The number of esters is 1. The number of hydrogen-bond donors (Lipinski definition) is 2. The first kappa shape index (κ1) is 28.7. The molecular formula is C27H41NO5. The molecule has 1 aromatic carbocycles. The fourth-order valence-corrected chi connectivity index (χ4v) is 3.94. The van der Waals surface area contributed by atoms with Crippen molar-refractivity contribution in [1.29, 1.82) is 0 Å². The Morgan fingerprint density at radius 1 is 1.06 bits per heavy atom. The highest BCUT2D eigenvalue weighted by Gasteiger charge is 2.47. The molecule has 1 atom stereocenters. The van der Waals surface area contributed by atoms with Gasteiger partial charge in [-0.05, 0) is 37.9 Å². The number of benzene rings is 1. The van der Waals surface area contributed by atoms with Crippen LogP contribution >= 0.6 is 0 Å². The number of nitrogens with zero attached hydrogens (tertiary/aromatic N) is 1. The van der Waals surface area contributed by atoms with Gasteiger partial charge in [-0.1, -0.05) is 88.6 Å². The van der Waals surface area contributed by atoms with E-state index in [1.165, 1.54) is 0 Å². The molecule has 0 aromatic heterocycles. The molecule has 0 heterocycles. The summed E-state index contributed by atoms with van der Waals surface area (Å²) in [6.45, 7) is 8.73. The summed E-state index contributed by atoms with van der Waals surface area (Å²) in [7, 11) is 0. The van der Waals surface area contributed by atoms with Gasteiger partial charge in [-0.15, -0.1) is 0 Å². The Kier molecular flexibility index (Phi) is 14.1. The average Bonchev–Trinajstić information content (AvgIpc) is 2.85. The third-order valence-electron chi connectivity index (χ3n) is 6.06. The number of unbranched alkanes of at least 4 members (excludes halogenated alkanes) is 1. The number of aliphatic carboxylic acids is 1. The topological polar surface area (TPSA) is 87.1 Å². The van der Waals surface area contributed by atoms with Crippen molar-refractivity contribution in [2.45, 2.75) is 77.7 Å². The SMILES string of the molecule is CCCCC(=O)O.CCN(CC)CC#CCOC(=O)C(O)(c1ccccc1)C1CCCCC1. The minimum atomic E-state index is -1.58. The molecule has 1 fully saturated rings. The van der Waals surface area contributed by atoms with E-state index in [2.05, 4.69) is 30.6 Å². The maximum atomic E-state index is 12.8. The van der Waals surface area contributed by atoms with E-state index in [1.54, 1.807) is 0 Å². The lowest BCUT2D eigenvalue weighted by atomic mass is 9.73. The van der Waals surface area contributed by atoms with Crippen molar-refractivity contribution in [3.05, 3.63) is 35.9 Å². The molecule has 2 rings (SSSR count). The molecule has 1 aliphatic carbocycles. The average molecular weight is 460 g/mol. The number of rotatable bonds is 10. The Bertz CT molecular complexity index is 745. The van der Waals surface area contributed by atoms with E-state index in [4.69, 9.17) is 9.84 Å². The predicted molar refractivity (Wildman–Crippen MR) is 131 cm³/mol. The van der Waals surface area contributed by atoms with Crippen LogP contribution in [0.3, 0.4) is 0 Å². The zero-order valence-electron chi connectivity index (χ0n) is 20.5. The third kappa shape index (κ3) is 9.98. The second kappa shape index (κ2) is 16.3. The van der Waals surface area contributed by atoms with Crippen LogP contribution in [-0.2, 0) is 19.9 Å². The molecule has 1 saturated carbocycles. The molecule has 6 nitrogen and oxygen atoms in total. The Balaban J connectivity index is 0.000000675. The van der Waals surface area contributed by atoms with Gasteiger partial charge in [0, 0.05) is 12.3 Å². The molecule has 0 amide bonds. The molecule has 0 bridgehead atoms. The van der Waals surface area contributed by atoms with Crippen LogP contribution in [0.15, 0.2) is 30.3 Å². The number of hydrogen-bond acceptors (Lipinski definition) is 5. The van der Waals surface area contributed by atoms with E-state index in [1.807, 2.05) is 37.3 Å². The first-order valence-corrected chi connectivity index (χ1v) is 12.2. The summed E-state index contributed by atoms with van der Waals surface area (Å²) in [4.78, 5) is 24.8. The summed E-state index contributed by atoms with van der Waals surface area (Å²) in [5, 5.41) is 19.4. The van der Waals surface area contributed by atoms with E-state index >= 15 is 0 Å². The van der Waals surface area contributed by atoms with E-state index in [9.17, 15) is 14.7 Å². The van der Waals surface area contributed by atoms with Crippen molar-refractivity contribution in [2.75, 3.05) is 26.2 Å². The van der Waals surface area contributed by atoms with Gasteiger partial charge in [0.15, 0.2) is 12.2 Å². The van der Waals surface area contributed by atoms with Crippen molar-refractivity contribution in [3.8, 4) is 11.8 Å². The van der Waals surface area contributed by atoms with Gasteiger partial charge in [-0.3, -0.25) is 9.69 Å². The van der Waals surface area contributed by atoms with E-state index in [0.717, 1.165) is 58.0 Å². The number of carbonyl (C=O) groups excluding carboxylic acids is 1. The molecule has 0 aliphatic heterocycles. The van der Waals surface area contributed by atoms with Gasteiger partial charge in [0.1, 0.15) is 0 Å². The Hall–Kier alpha value is -2.36. The molecule has 2 N–H and O–H groups in total. The first-order chi connectivity index (χ1) is 15.9. The molecule has 0 radical (unpaired) electrons. The van der Waals surface area contributed by atoms with Crippen molar-refractivity contribution in [1.82, 2.24) is 4.90 Å². The highest BCUT2D eigenvalue weighted by atomic mass is 16.5. The fourth-order valence-electron chi connectivity index (χ4n) is 3.94. The van der Waals surface area contributed by atoms with Crippen LogP contribution in [0, 0.1) is 17.8 Å². The van der Waals surface area contributed by atoms with Gasteiger partial charge in [0.2, 0.25) is 0 Å². The highest BCUT2D eigenvalue weighted by molar-refractivity contribution is 5.81. The number of ether oxygens (including phenoxy) is 1. The van der Waals surface area contributed by atoms with E-state index < -0.39 is 17.5 Å². The molecule has 184 valence electrons. The lowest BCUT2D eigenvalue weighted by molar-refractivity contribution is -0.174. The zero-order valence-corrected chi connectivity index (χ0v) is 20.5. The molecule has 33 heavy (non-hydrogen) atoms. The first-order valence-electron chi connectivity index (χ1n) is 12.2. The Labute approximate surface area is 199 Å². The Morgan fingerprint density at radius 3 is 2.21 bits per heavy atom. The summed E-state index contributed by atoms with van der Waals surface area (Å²) in [5.41, 5.74) is -0.963. The summed E-state index contributed by atoms with van der Waals surface area (Å²) in [5.74, 6) is 4.56. The van der Waals surface area contributed by atoms with Crippen molar-refractivity contribution in [3.63, 3.8) is 0 Å². The van der Waals surface area contributed by atoms with Crippen molar-refractivity contribution < 1.29 is 24.5 Å². The molecule has 0 spiro atoms. The monoisotopic (exact) mass is 459 g/mol. The number of carbonyl (C=O) groups is 2. The standard InChI is InChI=1S/C22H31NO3.C5H10O2/c1-3-23(4-2)17-11-12-18-26-21(24)22(25,19-13-7-5-8-14-19)20-15-9-6-10-16-20;1-2-3-4-5(6)7/h5,7-8,13-14,20,25H,3-4,6,9-10,15-18H2,1-2H3;2-4H2,1H3,(H,6,7). The van der Waals surface area contributed by atoms with Gasteiger partial charge >= 0.3 is 11.9 Å². The van der Waals surface area contributed by atoms with Crippen LogP contribution in [-0.4, -0.2) is 53.3 Å². The minimum absolute atomic E-state index is 0.0158. The van der Waals surface area contributed by atoms with Crippen LogP contribution in [0.2, 0.25) is 0 Å². The molecule has 0 saturated heterocycles. The van der Waals surface area contributed by atoms with Gasteiger partial charge in [-0.2, -0.15) is 0 Å². The lowest BCUT2D eigenvalue weighted by Gasteiger charge is -2.36. The maximum absolute atomic E-state index is 12.8. The summed E-state index contributed by atoms with van der Waals surface area (Å²) >= 11 is 0. The van der Waals surface area contributed by atoms with E-state index in [-0.39, 0.29) is 12.5 Å². The molecule has 1 aliphatic rings. The minimum Gasteiger partial charge on any atom is -0.481 e. The molecule has 1 aromatic rings. The van der Waals surface area contributed by atoms with Gasteiger partial charge < -0.3 is 14.9 Å². The fraction of sp³-hybridized carbons (Fsp3) is 0.630. The van der Waals surface area contributed by atoms with Crippen LogP contribution in [0.4, 0.5) is 0 Å². The Morgan fingerprint density at radius 2 is 1.70 bits per heavy atom. The quantitative estimate of drug-likeness (QED) is 0.393. The van der Waals surface area contributed by atoms with E-state index in [0.29, 0.717) is 18.5 Å². The van der Waals surface area contributed by atoms with Crippen LogP contribution in [0.1, 0.15) is 77.7 Å². The zero-order chi connectivity index (χ0) is 24.5. The van der Waals surface area contributed by atoms with Crippen molar-refractivity contribution >= 4 is 11.9 Å². The molecule has 6 heteroatoms. The van der Waals surface area contributed by atoms with Gasteiger partial charge in [0.25, 0.3) is 0 Å². The summed E-state index contributed by atoms with van der Waals surface area (Å²) in [6.07, 6.45) is 7.00. The molecular weight excluding hydrogens is 418 g/mol. The highest BCUT2D eigenvalue weighted by Crippen LogP contribution is 2.40. The smallest absolute Gasteiger partial charge is 0.344 e. The lowest BCUT2D eigenvalue weighted by Crippen LogP contribution is -2.45. The second-order valence-electron chi connectivity index (χ2n) is 8.36.